The van der Waals surface area contributed by atoms with E-state index in [1.807, 2.05) is 0 Å². The highest BCUT2D eigenvalue weighted by atomic mass is 35.5. The molecule has 3 N–H and O–H groups in total. The lowest BCUT2D eigenvalue weighted by molar-refractivity contribution is 0.100. The molecule has 0 bridgehead atoms. The van der Waals surface area contributed by atoms with Crippen molar-refractivity contribution in [2.45, 2.75) is 39.7 Å². The Kier molecular flexibility index (Phi) is 5.48. The van der Waals surface area contributed by atoms with E-state index in [-0.39, 0.29) is 0 Å². The highest BCUT2D eigenvalue weighted by Crippen LogP contribution is 2.24. The predicted molar refractivity (Wildman–Crippen MR) is 77.1 cm³/mol. The number of halogens is 1. The van der Waals surface area contributed by atoms with Gasteiger partial charge in [0.15, 0.2) is 0 Å². The first-order chi connectivity index (χ1) is 8.40. The summed E-state index contributed by atoms with van der Waals surface area (Å²) in [6.07, 6.45) is 2.22. The third-order valence-electron chi connectivity index (χ3n) is 2.83. The van der Waals surface area contributed by atoms with Crippen molar-refractivity contribution in [2.75, 3.05) is 5.32 Å². The number of benzene rings is 1. The Morgan fingerprint density at radius 1 is 1.33 bits per heavy atom. The van der Waals surface area contributed by atoms with Gasteiger partial charge in [-0.1, -0.05) is 25.4 Å². The number of nitrogens with one attached hydrogen (secondary N) is 1. The topological polar surface area (TPSA) is 55.1 Å². The molecule has 0 spiro atoms. The van der Waals surface area contributed by atoms with Gasteiger partial charge in [-0.3, -0.25) is 4.79 Å². The molecule has 1 aromatic rings. The fraction of sp³-hybridized carbons (Fsp3) is 0.500. The van der Waals surface area contributed by atoms with Crippen LogP contribution in [0.3, 0.4) is 0 Å². The molecule has 1 amide bonds. The number of hydrogen-bond donors (Lipinski definition) is 2. The van der Waals surface area contributed by atoms with Gasteiger partial charge in [0, 0.05) is 11.6 Å². The van der Waals surface area contributed by atoms with E-state index in [0.29, 0.717) is 22.5 Å². The normalized spacial score (nSPS) is 12.5. The zero-order chi connectivity index (χ0) is 13.7. The first-order valence-corrected chi connectivity index (χ1v) is 6.64. The molecule has 1 atom stereocenters. The maximum Gasteiger partial charge on any atom is 0.248 e. The first-order valence-electron chi connectivity index (χ1n) is 6.26. The van der Waals surface area contributed by atoms with E-state index in [1.165, 1.54) is 0 Å². The maximum absolute atomic E-state index is 11.1. The van der Waals surface area contributed by atoms with Crippen molar-refractivity contribution in [2.24, 2.45) is 11.7 Å². The second-order valence-corrected chi connectivity index (χ2v) is 5.48. The molecule has 0 fully saturated rings. The molecule has 3 nitrogen and oxygen atoms in total. The van der Waals surface area contributed by atoms with E-state index < -0.39 is 5.91 Å². The van der Waals surface area contributed by atoms with Crippen LogP contribution in [0.15, 0.2) is 18.2 Å². The number of primary amides is 1. The summed E-state index contributed by atoms with van der Waals surface area (Å²) < 4.78 is 0. The molecule has 0 aliphatic rings. The summed E-state index contributed by atoms with van der Waals surface area (Å²) >= 11 is 6.09. The van der Waals surface area contributed by atoms with Crippen LogP contribution in [0.1, 0.15) is 44.0 Å². The van der Waals surface area contributed by atoms with Crippen molar-refractivity contribution in [3.63, 3.8) is 0 Å². The maximum atomic E-state index is 11.1. The van der Waals surface area contributed by atoms with Gasteiger partial charge in [-0.15, -0.1) is 0 Å². The molecule has 0 saturated heterocycles. The quantitative estimate of drug-likeness (QED) is 0.827. The van der Waals surface area contributed by atoms with Crippen LogP contribution >= 0.6 is 11.6 Å². The van der Waals surface area contributed by atoms with Crippen LogP contribution in [-0.4, -0.2) is 11.9 Å². The van der Waals surface area contributed by atoms with Crippen LogP contribution in [0.4, 0.5) is 5.69 Å². The monoisotopic (exact) mass is 268 g/mol. The van der Waals surface area contributed by atoms with Gasteiger partial charge >= 0.3 is 0 Å². The Hall–Kier alpha value is -1.22. The van der Waals surface area contributed by atoms with E-state index in [1.54, 1.807) is 18.2 Å². The number of carbonyl (C=O) groups is 1. The fourth-order valence-electron chi connectivity index (χ4n) is 1.71. The van der Waals surface area contributed by atoms with Crippen LogP contribution in [0.5, 0.6) is 0 Å². The molecule has 0 aliphatic carbocycles. The lowest BCUT2D eigenvalue weighted by atomic mass is 10.0. The fourth-order valence-corrected chi connectivity index (χ4v) is 1.88. The molecule has 4 heteroatoms. The zero-order valence-corrected chi connectivity index (χ0v) is 11.9. The van der Waals surface area contributed by atoms with Crippen LogP contribution < -0.4 is 11.1 Å². The lowest BCUT2D eigenvalue weighted by Crippen LogP contribution is -2.17. The summed E-state index contributed by atoms with van der Waals surface area (Å²) in [6, 6.07) is 5.35. The number of anilines is 1. The van der Waals surface area contributed by atoms with Crippen LogP contribution in [0.2, 0.25) is 5.02 Å². The second kappa shape index (κ2) is 6.64. The standard InChI is InChI=1S/C14H21ClN2O/c1-9(2)4-5-10(3)17-13-8-11(14(16)18)6-7-12(13)15/h6-10,17H,4-5H2,1-3H3,(H2,16,18). The van der Waals surface area contributed by atoms with E-state index in [0.717, 1.165) is 18.5 Å². The number of amides is 1. The van der Waals surface area contributed by atoms with Gasteiger partial charge in [-0.05, 0) is 43.9 Å². The Morgan fingerprint density at radius 2 is 2.00 bits per heavy atom. The third-order valence-corrected chi connectivity index (χ3v) is 3.16. The zero-order valence-electron chi connectivity index (χ0n) is 11.2. The summed E-state index contributed by atoms with van der Waals surface area (Å²) in [5.41, 5.74) is 6.49. The summed E-state index contributed by atoms with van der Waals surface area (Å²) in [5.74, 6) is 0.242. The van der Waals surface area contributed by atoms with Crippen molar-refractivity contribution in [1.82, 2.24) is 0 Å². The minimum absolute atomic E-state index is 0.313. The summed E-state index contributed by atoms with van der Waals surface area (Å²) in [6.45, 7) is 6.51. The number of rotatable bonds is 6. The average molecular weight is 269 g/mol. The average Bonchev–Trinajstić information content (AvgIpc) is 2.29. The van der Waals surface area contributed by atoms with Gasteiger partial charge in [-0.2, -0.15) is 0 Å². The molecule has 1 unspecified atom stereocenters. The van der Waals surface area contributed by atoms with E-state index in [2.05, 4.69) is 26.1 Å². The number of carbonyl (C=O) groups excluding carboxylic acids is 1. The molecule has 0 radical (unpaired) electrons. The molecule has 0 aliphatic heterocycles. The minimum Gasteiger partial charge on any atom is -0.381 e. The highest BCUT2D eigenvalue weighted by Gasteiger charge is 2.09. The van der Waals surface area contributed by atoms with E-state index in [4.69, 9.17) is 17.3 Å². The van der Waals surface area contributed by atoms with E-state index >= 15 is 0 Å². The van der Waals surface area contributed by atoms with Gasteiger partial charge in [0.1, 0.15) is 0 Å². The van der Waals surface area contributed by atoms with Crippen molar-refractivity contribution in [3.05, 3.63) is 28.8 Å². The third kappa shape index (κ3) is 4.57. The number of nitrogens with two attached hydrogens (primary N) is 1. The SMILES string of the molecule is CC(C)CCC(C)Nc1cc(C(N)=O)ccc1Cl. The van der Waals surface area contributed by atoms with E-state index in [9.17, 15) is 4.79 Å². The summed E-state index contributed by atoms with van der Waals surface area (Å²) in [4.78, 5) is 11.1. The number of hydrogen-bond acceptors (Lipinski definition) is 2. The van der Waals surface area contributed by atoms with Gasteiger partial charge in [0.25, 0.3) is 0 Å². The van der Waals surface area contributed by atoms with Crippen LogP contribution in [0, 0.1) is 5.92 Å². The molecule has 0 saturated carbocycles. The van der Waals surface area contributed by atoms with Crippen molar-refractivity contribution < 1.29 is 4.79 Å². The van der Waals surface area contributed by atoms with Crippen molar-refractivity contribution >= 4 is 23.2 Å². The first kappa shape index (κ1) is 14.8. The summed E-state index contributed by atoms with van der Waals surface area (Å²) in [7, 11) is 0. The Bertz CT molecular complexity index is 418. The van der Waals surface area contributed by atoms with Crippen molar-refractivity contribution in [1.29, 1.82) is 0 Å². The Morgan fingerprint density at radius 3 is 2.56 bits per heavy atom. The molecular weight excluding hydrogens is 248 g/mol. The molecular formula is C14H21ClN2O. The lowest BCUT2D eigenvalue weighted by Gasteiger charge is -2.17. The molecule has 18 heavy (non-hydrogen) atoms. The Labute approximate surface area is 114 Å². The minimum atomic E-state index is -0.440. The smallest absolute Gasteiger partial charge is 0.248 e. The molecule has 1 aromatic carbocycles. The van der Waals surface area contributed by atoms with Gasteiger partial charge < -0.3 is 11.1 Å². The van der Waals surface area contributed by atoms with Crippen LogP contribution in [-0.2, 0) is 0 Å². The Balaban J connectivity index is 2.71. The van der Waals surface area contributed by atoms with Gasteiger partial charge in [0.2, 0.25) is 5.91 Å². The van der Waals surface area contributed by atoms with Crippen molar-refractivity contribution in [3.8, 4) is 0 Å². The summed E-state index contributed by atoms with van der Waals surface area (Å²) in [5, 5.41) is 3.93. The molecule has 1 rings (SSSR count). The predicted octanol–water partition coefficient (Wildman–Crippen LogP) is 3.68. The van der Waals surface area contributed by atoms with Crippen LogP contribution in [0.25, 0.3) is 0 Å². The largest absolute Gasteiger partial charge is 0.381 e. The second-order valence-electron chi connectivity index (χ2n) is 5.08. The molecule has 100 valence electrons. The van der Waals surface area contributed by atoms with Gasteiger partial charge in [-0.25, -0.2) is 0 Å². The van der Waals surface area contributed by atoms with Gasteiger partial charge in [0.05, 0.1) is 10.7 Å². The highest BCUT2D eigenvalue weighted by molar-refractivity contribution is 6.33. The molecule has 0 heterocycles. The molecule has 0 aromatic heterocycles.